The van der Waals surface area contributed by atoms with Crippen LogP contribution in [0.25, 0.3) is 0 Å². The summed E-state index contributed by atoms with van der Waals surface area (Å²) in [6.07, 6.45) is 3.42. The van der Waals surface area contributed by atoms with E-state index >= 15 is 0 Å². The van der Waals surface area contributed by atoms with Crippen molar-refractivity contribution < 1.29 is 9.53 Å². The molecule has 0 bridgehead atoms. The Morgan fingerprint density at radius 2 is 2.28 bits per heavy atom. The van der Waals surface area contributed by atoms with E-state index in [4.69, 9.17) is 22.1 Å². The van der Waals surface area contributed by atoms with Crippen molar-refractivity contribution in [2.24, 2.45) is 7.05 Å². The summed E-state index contributed by atoms with van der Waals surface area (Å²) in [5.74, 6) is -0.465. The quantitative estimate of drug-likeness (QED) is 0.681. The standard InChI is InChI=1S/C12H12ClN3O2/c1-16-6-8(5-15-16)7-18-12(17)9-2-10(13)4-11(14)3-9/h2-6H,7,14H2,1H3. The number of halogens is 1. The van der Waals surface area contributed by atoms with E-state index < -0.39 is 5.97 Å². The van der Waals surface area contributed by atoms with E-state index in [1.165, 1.54) is 12.1 Å². The molecule has 2 aromatic rings. The number of carbonyl (C=O) groups is 1. The number of rotatable bonds is 3. The SMILES string of the molecule is Cn1cc(COC(=O)c2cc(N)cc(Cl)c2)cn1. The smallest absolute Gasteiger partial charge is 0.338 e. The first-order valence-electron chi connectivity index (χ1n) is 5.25. The molecule has 0 saturated heterocycles. The van der Waals surface area contributed by atoms with Crippen LogP contribution in [-0.4, -0.2) is 15.7 Å². The molecule has 0 unspecified atom stereocenters. The summed E-state index contributed by atoms with van der Waals surface area (Å²) < 4.78 is 6.77. The highest BCUT2D eigenvalue weighted by molar-refractivity contribution is 6.31. The van der Waals surface area contributed by atoms with Gasteiger partial charge in [-0.3, -0.25) is 4.68 Å². The number of hydrogen-bond donors (Lipinski definition) is 1. The maximum absolute atomic E-state index is 11.8. The normalized spacial score (nSPS) is 10.3. The number of aryl methyl sites for hydroxylation is 1. The molecule has 0 aliphatic heterocycles. The van der Waals surface area contributed by atoms with Gasteiger partial charge in [0.1, 0.15) is 6.61 Å². The molecule has 18 heavy (non-hydrogen) atoms. The summed E-state index contributed by atoms with van der Waals surface area (Å²) in [5.41, 5.74) is 7.19. The number of anilines is 1. The van der Waals surface area contributed by atoms with Crippen molar-refractivity contribution in [3.63, 3.8) is 0 Å². The van der Waals surface area contributed by atoms with Crippen molar-refractivity contribution >= 4 is 23.3 Å². The molecule has 94 valence electrons. The Hall–Kier alpha value is -2.01. The number of hydrogen-bond acceptors (Lipinski definition) is 4. The molecule has 0 aliphatic rings. The van der Waals surface area contributed by atoms with Crippen LogP contribution in [0.5, 0.6) is 0 Å². The fourth-order valence-corrected chi connectivity index (χ4v) is 1.75. The van der Waals surface area contributed by atoms with Gasteiger partial charge in [-0.15, -0.1) is 0 Å². The van der Waals surface area contributed by atoms with Gasteiger partial charge in [0.05, 0.1) is 11.8 Å². The molecule has 0 atom stereocenters. The van der Waals surface area contributed by atoms with Gasteiger partial charge in [-0.2, -0.15) is 5.10 Å². The first-order valence-corrected chi connectivity index (χ1v) is 5.63. The summed E-state index contributed by atoms with van der Waals surface area (Å²) >= 11 is 5.81. The molecule has 0 aliphatic carbocycles. The van der Waals surface area contributed by atoms with E-state index in [2.05, 4.69) is 5.10 Å². The zero-order chi connectivity index (χ0) is 13.1. The monoisotopic (exact) mass is 265 g/mol. The highest BCUT2D eigenvalue weighted by atomic mass is 35.5. The molecule has 2 N–H and O–H groups in total. The van der Waals surface area contributed by atoms with Crippen LogP contribution in [0.2, 0.25) is 5.02 Å². The summed E-state index contributed by atoms with van der Waals surface area (Å²) in [5, 5.41) is 4.39. The number of nitrogens with zero attached hydrogens (tertiary/aromatic N) is 2. The molecular weight excluding hydrogens is 254 g/mol. The van der Waals surface area contributed by atoms with Gasteiger partial charge in [-0.25, -0.2) is 4.79 Å². The fourth-order valence-electron chi connectivity index (χ4n) is 1.51. The second-order valence-electron chi connectivity index (χ2n) is 3.87. The predicted octanol–water partition coefficient (Wildman–Crippen LogP) is 2.01. The van der Waals surface area contributed by atoms with Gasteiger partial charge in [0.25, 0.3) is 0 Å². The molecule has 0 spiro atoms. The van der Waals surface area contributed by atoms with Crippen LogP contribution in [0, 0.1) is 0 Å². The van der Waals surface area contributed by atoms with Crippen molar-refractivity contribution in [1.82, 2.24) is 9.78 Å². The molecule has 1 heterocycles. The Morgan fingerprint density at radius 3 is 2.89 bits per heavy atom. The van der Waals surface area contributed by atoms with Crippen molar-refractivity contribution in [3.8, 4) is 0 Å². The van der Waals surface area contributed by atoms with E-state index in [-0.39, 0.29) is 6.61 Å². The highest BCUT2D eigenvalue weighted by Gasteiger charge is 2.09. The van der Waals surface area contributed by atoms with Crippen LogP contribution in [0.3, 0.4) is 0 Å². The van der Waals surface area contributed by atoms with Crippen LogP contribution in [-0.2, 0) is 18.4 Å². The summed E-state index contributed by atoms with van der Waals surface area (Å²) in [6.45, 7) is 0.166. The van der Waals surface area contributed by atoms with Crippen LogP contribution >= 0.6 is 11.6 Å². The number of benzene rings is 1. The van der Waals surface area contributed by atoms with Gasteiger partial charge in [0.15, 0.2) is 0 Å². The number of carbonyl (C=O) groups excluding carboxylic acids is 1. The Bertz CT molecular complexity index is 560. The Labute approximate surface area is 109 Å². The molecule has 0 amide bonds. The number of aromatic nitrogens is 2. The molecule has 0 radical (unpaired) electrons. The number of nitrogen functional groups attached to an aromatic ring is 1. The topological polar surface area (TPSA) is 70.1 Å². The maximum Gasteiger partial charge on any atom is 0.338 e. The van der Waals surface area contributed by atoms with Crippen LogP contribution < -0.4 is 5.73 Å². The van der Waals surface area contributed by atoms with Crippen molar-refractivity contribution in [2.75, 3.05) is 5.73 Å². The molecule has 1 aromatic carbocycles. The number of esters is 1. The molecule has 6 heteroatoms. The lowest BCUT2D eigenvalue weighted by Gasteiger charge is -2.04. The summed E-state index contributed by atoms with van der Waals surface area (Å²) in [4.78, 5) is 11.8. The van der Waals surface area contributed by atoms with Crippen molar-refractivity contribution in [2.45, 2.75) is 6.61 Å². The minimum absolute atomic E-state index is 0.166. The summed E-state index contributed by atoms with van der Waals surface area (Å²) in [7, 11) is 1.79. The van der Waals surface area contributed by atoms with Gasteiger partial charge in [-0.1, -0.05) is 11.6 Å². The fraction of sp³-hybridized carbons (Fsp3) is 0.167. The molecule has 0 saturated carbocycles. The van der Waals surface area contributed by atoms with Crippen LogP contribution in [0.4, 0.5) is 5.69 Å². The van der Waals surface area contributed by atoms with E-state index in [0.29, 0.717) is 16.3 Å². The van der Waals surface area contributed by atoms with Gasteiger partial charge in [-0.05, 0) is 18.2 Å². The largest absolute Gasteiger partial charge is 0.457 e. The Kier molecular flexibility index (Phi) is 3.53. The molecule has 1 aromatic heterocycles. The number of ether oxygens (including phenoxy) is 1. The van der Waals surface area contributed by atoms with E-state index in [0.717, 1.165) is 5.56 Å². The Morgan fingerprint density at radius 1 is 1.50 bits per heavy atom. The third-order valence-corrected chi connectivity index (χ3v) is 2.50. The lowest BCUT2D eigenvalue weighted by molar-refractivity contribution is 0.0472. The van der Waals surface area contributed by atoms with Gasteiger partial charge in [0, 0.05) is 29.5 Å². The average Bonchev–Trinajstić information content (AvgIpc) is 2.70. The third-order valence-electron chi connectivity index (χ3n) is 2.28. The highest BCUT2D eigenvalue weighted by Crippen LogP contribution is 2.17. The minimum atomic E-state index is -0.465. The van der Waals surface area contributed by atoms with Gasteiger partial charge >= 0.3 is 5.97 Å². The Balaban J connectivity index is 2.03. The summed E-state index contributed by atoms with van der Waals surface area (Å²) in [6, 6.07) is 4.61. The average molecular weight is 266 g/mol. The van der Waals surface area contributed by atoms with E-state index in [9.17, 15) is 4.79 Å². The van der Waals surface area contributed by atoms with Crippen molar-refractivity contribution in [3.05, 3.63) is 46.7 Å². The molecular formula is C12H12ClN3O2. The zero-order valence-corrected chi connectivity index (χ0v) is 10.5. The second kappa shape index (κ2) is 5.10. The lowest BCUT2D eigenvalue weighted by Crippen LogP contribution is -2.05. The first kappa shape index (κ1) is 12.4. The zero-order valence-electron chi connectivity index (χ0n) is 9.76. The van der Waals surface area contributed by atoms with Gasteiger partial charge in [0.2, 0.25) is 0 Å². The maximum atomic E-state index is 11.8. The van der Waals surface area contributed by atoms with Gasteiger partial charge < -0.3 is 10.5 Å². The van der Waals surface area contributed by atoms with E-state index in [1.807, 2.05) is 0 Å². The molecule has 0 fully saturated rings. The number of nitrogens with two attached hydrogens (primary N) is 1. The van der Waals surface area contributed by atoms with E-state index in [1.54, 1.807) is 30.2 Å². The molecule has 5 nitrogen and oxygen atoms in total. The predicted molar refractivity (Wildman–Crippen MR) is 68.2 cm³/mol. The van der Waals surface area contributed by atoms with Crippen molar-refractivity contribution in [1.29, 1.82) is 0 Å². The second-order valence-corrected chi connectivity index (χ2v) is 4.31. The molecule has 2 rings (SSSR count). The third kappa shape index (κ3) is 3.01. The van der Waals surface area contributed by atoms with Crippen LogP contribution in [0.1, 0.15) is 15.9 Å². The minimum Gasteiger partial charge on any atom is -0.457 e. The lowest BCUT2D eigenvalue weighted by atomic mass is 10.2. The van der Waals surface area contributed by atoms with Crippen LogP contribution in [0.15, 0.2) is 30.6 Å². The first-order chi connectivity index (χ1) is 8.54.